The van der Waals surface area contributed by atoms with E-state index in [0.29, 0.717) is 5.56 Å². The van der Waals surface area contributed by atoms with Crippen LogP contribution in [0, 0.1) is 0 Å². The van der Waals surface area contributed by atoms with Crippen molar-refractivity contribution in [3.63, 3.8) is 0 Å². The molecular formula is C15H11NO2S. The first kappa shape index (κ1) is 11.7. The van der Waals surface area contributed by atoms with Gasteiger partial charge in [-0.2, -0.15) is 0 Å². The number of nitrogens with one attached hydrogen (secondary N) is 1. The Morgan fingerprint density at radius 3 is 2.63 bits per heavy atom. The van der Waals surface area contributed by atoms with Gasteiger partial charge in [0.2, 0.25) is 0 Å². The summed E-state index contributed by atoms with van der Waals surface area (Å²) in [5.41, 5.74) is 1.28. The zero-order valence-corrected chi connectivity index (χ0v) is 10.8. The van der Waals surface area contributed by atoms with E-state index in [1.54, 1.807) is 23.5 Å². The molecule has 0 aliphatic carbocycles. The summed E-state index contributed by atoms with van der Waals surface area (Å²) in [7, 11) is 0. The highest BCUT2D eigenvalue weighted by Crippen LogP contribution is 2.24. The van der Waals surface area contributed by atoms with Gasteiger partial charge in [-0.15, -0.1) is 11.3 Å². The first-order valence-electron chi connectivity index (χ1n) is 5.80. The van der Waals surface area contributed by atoms with Gasteiger partial charge in [0, 0.05) is 16.0 Å². The standard InChI is InChI=1S/C15H11NO2S/c17-13-4-1-10(2-5-13)15(18)16-12-3-6-14-11(9-12)7-8-19-14/h1-9,17H,(H,16,18). The highest BCUT2D eigenvalue weighted by molar-refractivity contribution is 7.17. The van der Waals surface area contributed by atoms with E-state index in [1.807, 2.05) is 29.6 Å². The van der Waals surface area contributed by atoms with Gasteiger partial charge in [0.25, 0.3) is 5.91 Å². The molecule has 2 aromatic carbocycles. The molecule has 0 spiro atoms. The lowest BCUT2D eigenvalue weighted by Crippen LogP contribution is -2.11. The number of anilines is 1. The summed E-state index contributed by atoms with van der Waals surface area (Å²) < 4.78 is 1.20. The van der Waals surface area contributed by atoms with Gasteiger partial charge in [-0.25, -0.2) is 0 Å². The Morgan fingerprint density at radius 2 is 1.84 bits per heavy atom. The molecule has 94 valence electrons. The Morgan fingerprint density at radius 1 is 1.05 bits per heavy atom. The highest BCUT2D eigenvalue weighted by atomic mass is 32.1. The second-order valence-electron chi connectivity index (χ2n) is 4.17. The van der Waals surface area contributed by atoms with Crippen molar-refractivity contribution in [2.24, 2.45) is 0 Å². The fourth-order valence-electron chi connectivity index (χ4n) is 1.86. The third-order valence-electron chi connectivity index (χ3n) is 2.84. The first-order chi connectivity index (χ1) is 9.22. The molecule has 1 amide bonds. The van der Waals surface area contributed by atoms with E-state index in [9.17, 15) is 9.90 Å². The second-order valence-corrected chi connectivity index (χ2v) is 5.12. The number of rotatable bonds is 2. The average Bonchev–Trinajstić information content (AvgIpc) is 2.87. The van der Waals surface area contributed by atoms with Gasteiger partial charge in [0.15, 0.2) is 0 Å². The molecule has 0 saturated carbocycles. The van der Waals surface area contributed by atoms with Crippen LogP contribution in [0.25, 0.3) is 10.1 Å². The molecule has 0 atom stereocenters. The molecule has 3 nitrogen and oxygen atoms in total. The molecule has 3 aromatic rings. The van der Waals surface area contributed by atoms with Crippen molar-refractivity contribution in [2.45, 2.75) is 0 Å². The lowest BCUT2D eigenvalue weighted by molar-refractivity contribution is 0.102. The second kappa shape index (κ2) is 4.74. The van der Waals surface area contributed by atoms with Crippen molar-refractivity contribution in [3.05, 3.63) is 59.5 Å². The van der Waals surface area contributed by atoms with E-state index in [0.717, 1.165) is 11.1 Å². The van der Waals surface area contributed by atoms with Crippen molar-refractivity contribution >= 4 is 33.0 Å². The predicted octanol–water partition coefficient (Wildman–Crippen LogP) is 3.86. The fourth-order valence-corrected chi connectivity index (χ4v) is 2.63. The monoisotopic (exact) mass is 269 g/mol. The lowest BCUT2D eigenvalue weighted by Gasteiger charge is -2.05. The molecule has 19 heavy (non-hydrogen) atoms. The quantitative estimate of drug-likeness (QED) is 0.742. The summed E-state index contributed by atoms with van der Waals surface area (Å²) in [6.07, 6.45) is 0. The maximum atomic E-state index is 12.0. The van der Waals surface area contributed by atoms with E-state index in [-0.39, 0.29) is 11.7 Å². The minimum absolute atomic E-state index is 0.149. The SMILES string of the molecule is O=C(Nc1ccc2sccc2c1)c1ccc(O)cc1. The number of phenols is 1. The zero-order chi connectivity index (χ0) is 13.2. The number of hydrogen-bond donors (Lipinski definition) is 2. The van der Waals surface area contributed by atoms with Crippen LogP contribution in [-0.4, -0.2) is 11.0 Å². The van der Waals surface area contributed by atoms with Crippen molar-refractivity contribution in [2.75, 3.05) is 5.32 Å². The lowest BCUT2D eigenvalue weighted by atomic mass is 10.2. The van der Waals surface area contributed by atoms with Crippen LogP contribution in [0.2, 0.25) is 0 Å². The molecule has 0 bridgehead atoms. The third-order valence-corrected chi connectivity index (χ3v) is 3.74. The molecule has 0 radical (unpaired) electrons. The molecule has 0 unspecified atom stereocenters. The van der Waals surface area contributed by atoms with Crippen LogP contribution < -0.4 is 5.32 Å². The van der Waals surface area contributed by atoms with E-state index in [1.165, 1.54) is 16.8 Å². The van der Waals surface area contributed by atoms with Crippen molar-refractivity contribution in [3.8, 4) is 5.75 Å². The predicted molar refractivity (Wildman–Crippen MR) is 77.9 cm³/mol. The smallest absolute Gasteiger partial charge is 0.255 e. The minimum Gasteiger partial charge on any atom is -0.508 e. The van der Waals surface area contributed by atoms with Gasteiger partial charge in [-0.05, 0) is 59.3 Å². The largest absolute Gasteiger partial charge is 0.508 e. The van der Waals surface area contributed by atoms with Crippen LogP contribution in [0.1, 0.15) is 10.4 Å². The molecule has 0 aliphatic rings. The number of thiophene rings is 1. The van der Waals surface area contributed by atoms with Gasteiger partial charge < -0.3 is 10.4 Å². The highest BCUT2D eigenvalue weighted by Gasteiger charge is 2.06. The van der Waals surface area contributed by atoms with E-state index >= 15 is 0 Å². The molecule has 4 heteroatoms. The summed E-state index contributed by atoms with van der Waals surface area (Å²) in [6.45, 7) is 0. The number of benzene rings is 2. The van der Waals surface area contributed by atoms with Crippen LogP contribution in [0.3, 0.4) is 0 Å². The number of aromatic hydroxyl groups is 1. The number of carbonyl (C=O) groups excluding carboxylic acids is 1. The van der Waals surface area contributed by atoms with Crippen LogP contribution in [0.5, 0.6) is 5.75 Å². The maximum absolute atomic E-state index is 12.0. The Bertz CT molecular complexity index is 731. The molecular weight excluding hydrogens is 258 g/mol. The molecule has 1 aromatic heterocycles. The molecule has 3 rings (SSSR count). The zero-order valence-electron chi connectivity index (χ0n) is 9.96. The van der Waals surface area contributed by atoms with Crippen molar-refractivity contribution in [1.29, 1.82) is 0 Å². The molecule has 1 heterocycles. The Balaban J connectivity index is 1.83. The van der Waals surface area contributed by atoms with Crippen LogP contribution in [0.15, 0.2) is 53.9 Å². The number of carbonyl (C=O) groups is 1. The normalized spacial score (nSPS) is 10.5. The average molecular weight is 269 g/mol. The van der Waals surface area contributed by atoms with Gasteiger partial charge in [-0.1, -0.05) is 0 Å². The van der Waals surface area contributed by atoms with Crippen LogP contribution >= 0.6 is 11.3 Å². The van der Waals surface area contributed by atoms with Crippen molar-refractivity contribution < 1.29 is 9.90 Å². The van der Waals surface area contributed by atoms with E-state index in [2.05, 4.69) is 5.32 Å². The van der Waals surface area contributed by atoms with Crippen molar-refractivity contribution in [1.82, 2.24) is 0 Å². The molecule has 0 fully saturated rings. The number of hydrogen-bond acceptors (Lipinski definition) is 3. The van der Waals surface area contributed by atoms with E-state index in [4.69, 9.17) is 0 Å². The van der Waals surface area contributed by atoms with Gasteiger partial charge in [0.05, 0.1) is 0 Å². The fraction of sp³-hybridized carbons (Fsp3) is 0. The Hall–Kier alpha value is -2.33. The van der Waals surface area contributed by atoms with Gasteiger partial charge in [-0.3, -0.25) is 4.79 Å². The topological polar surface area (TPSA) is 49.3 Å². The van der Waals surface area contributed by atoms with E-state index < -0.39 is 0 Å². The number of phenolic OH excluding ortho intramolecular Hbond substituents is 1. The summed E-state index contributed by atoms with van der Waals surface area (Å²) in [4.78, 5) is 12.0. The van der Waals surface area contributed by atoms with Crippen LogP contribution in [-0.2, 0) is 0 Å². The van der Waals surface area contributed by atoms with Gasteiger partial charge >= 0.3 is 0 Å². The Labute approximate surface area is 114 Å². The third kappa shape index (κ3) is 2.44. The van der Waals surface area contributed by atoms with Gasteiger partial charge in [0.1, 0.15) is 5.75 Å². The minimum atomic E-state index is -0.186. The summed E-state index contributed by atoms with van der Waals surface area (Å²) in [6, 6.07) is 14.0. The molecule has 0 saturated heterocycles. The summed E-state index contributed by atoms with van der Waals surface area (Å²) in [5.74, 6) is -0.0363. The number of fused-ring (bicyclic) bond motifs is 1. The first-order valence-corrected chi connectivity index (χ1v) is 6.68. The number of amides is 1. The summed E-state index contributed by atoms with van der Waals surface area (Å²) in [5, 5.41) is 15.2. The maximum Gasteiger partial charge on any atom is 0.255 e. The summed E-state index contributed by atoms with van der Waals surface area (Å²) >= 11 is 1.67. The molecule has 0 aliphatic heterocycles. The Kier molecular flexibility index (Phi) is 2.93. The van der Waals surface area contributed by atoms with Crippen LogP contribution in [0.4, 0.5) is 5.69 Å². The molecule has 2 N–H and O–H groups in total.